The molecule has 0 saturated carbocycles. The molecule has 0 aliphatic carbocycles. The molecule has 0 aromatic carbocycles. The van der Waals surface area contributed by atoms with Crippen LogP contribution in [0.5, 0.6) is 0 Å². The zero-order valence-corrected chi connectivity index (χ0v) is 14.0. The Morgan fingerprint density at radius 1 is 0.850 bits per heavy atom. The average Bonchev–Trinajstić information content (AvgIpc) is 2.82. The molecule has 0 aliphatic rings. The standard InChI is InChI=1S/C18H35N2/c1-4-7-10-13-18-16-19(14-11-8-5-2)17-20(18)15-12-9-6-3/h16-17H,4-15H2,1-3H3/q+1. The van der Waals surface area contributed by atoms with Crippen molar-refractivity contribution in [3.05, 3.63) is 18.2 Å². The van der Waals surface area contributed by atoms with Crippen molar-refractivity contribution < 1.29 is 4.57 Å². The molecule has 20 heavy (non-hydrogen) atoms. The predicted octanol–water partition coefficient (Wildman–Crippen LogP) is 4.89. The van der Waals surface area contributed by atoms with Gasteiger partial charge >= 0.3 is 0 Å². The van der Waals surface area contributed by atoms with Crippen LogP contribution in [0.4, 0.5) is 0 Å². The SMILES string of the molecule is CCCCCc1c[n+](CCCCC)cn1CCCCC. The van der Waals surface area contributed by atoms with Gasteiger partial charge in [0.25, 0.3) is 0 Å². The Labute approximate surface area is 126 Å². The van der Waals surface area contributed by atoms with E-state index >= 15 is 0 Å². The molecule has 116 valence electrons. The largest absolute Gasteiger partial charge is 0.243 e. The van der Waals surface area contributed by atoms with Gasteiger partial charge in [-0.3, -0.25) is 0 Å². The van der Waals surface area contributed by atoms with Crippen LogP contribution in [0.15, 0.2) is 12.5 Å². The first-order valence-electron chi connectivity index (χ1n) is 8.89. The van der Waals surface area contributed by atoms with Crippen LogP contribution >= 0.6 is 0 Å². The molecule has 0 atom stereocenters. The molecule has 1 aromatic rings. The number of nitrogens with zero attached hydrogens (tertiary/aromatic N) is 2. The minimum absolute atomic E-state index is 1.19. The lowest BCUT2D eigenvalue weighted by Gasteiger charge is -2.01. The fourth-order valence-electron chi connectivity index (χ4n) is 2.72. The Hall–Kier alpha value is -0.790. The third-order valence-corrected chi connectivity index (χ3v) is 4.03. The summed E-state index contributed by atoms with van der Waals surface area (Å²) >= 11 is 0. The van der Waals surface area contributed by atoms with E-state index in [2.05, 4.69) is 42.4 Å². The Morgan fingerprint density at radius 2 is 1.50 bits per heavy atom. The van der Waals surface area contributed by atoms with Crippen molar-refractivity contribution >= 4 is 0 Å². The second-order valence-electron chi connectivity index (χ2n) is 6.04. The van der Waals surface area contributed by atoms with Gasteiger partial charge in [-0.2, -0.15) is 0 Å². The zero-order chi connectivity index (χ0) is 14.6. The van der Waals surface area contributed by atoms with Crippen molar-refractivity contribution in [1.29, 1.82) is 0 Å². The van der Waals surface area contributed by atoms with Gasteiger partial charge in [0, 0.05) is 6.42 Å². The van der Waals surface area contributed by atoms with E-state index in [1.807, 2.05) is 0 Å². The first-order chi connectivity index (χ1) is 9.81. The molecule has 2 heteroatoms. The van der Waals surface area contributed by atoms with Gasteiger partial charge in [0.05, 0.1) is 13.1 Å². The van der Waals surface area contributed by atoms with Crippen LogP contribution in [0.25, 0.3) is 0 Å². The number of aromatic nitrogens is 2. The highest BCUT2D eigenvalue weighted by atomic mass is 15.1. The van der Waals surface area contributed by atoms with Crippen molar-refractivity contribution in [3.8, 4) is 0 Å². The van der Waals surface area contributed by atoms with Crippen LogP contribution in [-0.4, -0.2) is 4.57 Å². The summed E-state index contributed by atoms with van der Waals surface area (Å²) in [5.41, 5.74) is 1.55. The third kappa shape index (κ3) is 6.58. The maximum absolute atomic E-state index is 2.51. The summed E-state index contributed by atoms with van der Waals surface area (Å²) in [6.07, 6.45) is 18.0. The monoisotopic (exact) mass is 279 g/mol. The van der Waals surface area contributed by atoms with Gasteiger partial charge in [0.15, 0.2) is 0 Å². The van der Waals surface area contributed by atoms with Crippen molar-refractivity contribution in [2.24, 2.45) is 0 Å². The van der Waals surface area contributed by atoms with Crippen LogP contribution in [-0.2, 0) is 19.5 Å². The summed E-state index contributed by atoms with van der Waals surface area (Å²) in [5.74, 6) is 0. The van der Waals surface area contributed by atoms with Crippen molar-refractivity contribution in [2.45, 2.75) is 98.1 Å². The van der Waals surface area contributed by atoms with E-state index in [0.29, 0.717) is 0 Å². The lowest BCUT2D eigenvalue weighted by atomic mass is 10.1. The molecule has 1 heterocycles. The highest BCUT2D eigenvalue weighted by Gasteiger charge is 2.12. The Morgan fingerprint density at radius 3 is 2.20 bits per heavy atom. The molecule has 0 N–H and O–H groups in total. The van der Waals surface area contributed by atoms with E-state index in [0.717, 1.165) is 0 Å². The molecule has 0 radical (unpaired) electrons. The van der Waals surface area contributed by atoms with Crippen molar-refractivity contribution in [2.75, 3.05) is 0 Å². The lowest BCUT2D eigenvalue weighted by Crippen LogP contribution is -2.30. The molecular formula is C18H35N2+. The maximum atomic E-state index is 2.51. The molecule has 1 rings (SSSR count). The molecule has 1 aromatic heterocycles. The predicted molar refractivity (Wildman–Crippen MR) is 86.9 cm³/mol. The Balaban J connectivity index is 2.55. The quantitative estimate of drug-likeness (QED) is 0.380. The molecular weight excluding hydrogens is 244 g/mol. The van der Waals surface area contributed by atoms with Crippen LogP contribution in [0.3, 0.4) is 0 Å². The van der Waals surface area contributed by atoms with E-state index in [9.17, 15) is 0 Å². The van der Waals surface area contributed by atoms with Crippen LogP contribution in [0.1, 0.15) is 84.3 Å². The van der Waals surface area contributed by atoms with Gasteiger partial charge < -0.3 is 0 Å². The van der Waals surface area contributed by atoms with E-state index in [4.69, 9.17) is 0 Å². The fourth-order valence-corrected chi connectivity index (χ4v) is 2.72. The normalized spacial score (nSPS) is 11.2. The second kappa shape index (κ2) is 10.9. The van der Waals surface area contributed by atoms with Gasteiger partial charge in [-0.15, -0.1) is 0 Å². The number of unbranched alkanes of at least 4 members (excludes halogenated alkanes) is 6. The topological polar surface area (TPSA) is 8.81 Å². The van der Waals surface area contributed by atoms with E-state index < -0.39 is 0 Å². The van der Waals surface area contributed by atoms with Gasteiger partial charge in [0.2, 0.25) is 6.33 Å². The molecule has 0 spiro atoms. The highest BCUT2D eigenvalue weighted by molar-refractivity contribution is 4.94. The maximum Gasteiger partial charge on any atom is 0.243 e. The van der Waals surface area contributed by atoms with Gasteiger partial charge in [-0.25, -0.2) is 9.13 Å². The van der Waals surface area contributed by atoms with Crippen LogP contribution < -0.4 is 4.57 Å². The summed E-state index contributed by atoms with van der Waals surface area (Å²) in [4.78, 5) is 0. The average molecular weight is 279 g/mol. The molecule has 0 amide bonds. The van der Waals surface area contributed by atoms with Crippen LogP contribution in [0.2, 0.25) is 0 Å². The summed E-state index contributed by atoms with van der Waals surface area (Å²) in [5, 5.41) is 0. The minimum Gasteiger partial charge on any atom is -0.237 e. The minimum atomic E-state index is 1.19. The number of aryl methyl sites for hydroxylation is 3. The van der Waals surface area contributed by atoms with Gasteiger partial charge in [0.1, 0.15) is 11.9 Å². The van der Waals surface area contributed by atoms with Gasteiger partial charge in [-0.1, -0.05) is 46.5 Å². The third-order valence-electron chi connectivity index (χ3n) is 4.03. The zero-order valence-electron chi connectivity index (χ0n) is 14.0. The lowest BCUT2D eigenvalue weighted by molar-refractivity contribution is -0.697. The highest BCUT2D eigenvalue weighted by Crippen LogP contribution is 2.08. The van der Waals surface area contributed by atoms with E-state index in [1.54, 1.807) is 5.69 Å². The Kier molecular flexibility index (Phi) is 9.44. The molecule has 0 saturated heterocycles. The summed E-state index contributed by atoms with van der Waals surface area (Å²) < 4.78 is 4.93. The number of hydrogen-bond acceptors (Lipinski definition) is 0. The summed E-state index contributed by atoms with van der Waals surface area (Å²) in [7, 11) is 0. The molecule has 0 aliphatic heterocycles. The van der Waals surface area contributed by atoms with E-state index in [1.165, 1.54) is 77.3 Å². The molecule has 0 fully saturated rings. The number of rotatable bonds is 12. The molecule has 0 bridgehead atoms. The molecule has 0 unspecified atom stereocenters. The Bertz CT molecular complexity index is 314. The number of imidazole rings is 1. The summed E-state index contributed by atoms with van der Waals surface area (Å²) in [6.45, 7) is 9.23. The second-order valence-corrected chi connectivity index (χ2v) is 6.04. The first-order valence-corrected chi connectivity index (χ1v) is 8.89. The van der Waals surface area contributed by atoms with Gasteiger partial charge in [-0.05, 0) is 32.1 Å². The fraction of sp³-hybridized carbons (Fsp3) is 0.833. The van der Waals surface area contributed by atoms with Crippen LogP contribution in [0, 0.1) is 0 Å². The number of hydrogen-bond donors (Lipinski definition) is 0. The van der Waals surface area contributed by atoms with Crippen molar-refractivity contribution in [3.63, 3.8) is 0 Å². The van der Waals surface area contributed by atoms with Crippen molar-refractivity contribution in [1.82, 2.24) is 4.57 Å². The molecule has 2 nitrogen and oxygen atoms in total. The van der Waals surface area contributed by atoms with E-state index in [-0.39, 0.29) is 0 Å². The smallest absolute Gasteiger partial charge is 0.237 e. The first kappa shape index (κ1) is 17.3. The summed E-state index contributed by atoms with van der Waals surface area (Å²) in [6, 6.07) is 0.